The highest BCUT2D eigenvalue weighted by Gasteiger charge is 2.29. The fraction of sp³-hybridized carbons (Fsp3) is 0.667. The standard InChI is InChI=1S/C60H90O8/c1-5-9-13-17-21-25-29-33-43-51(61)65-57-47-39-37-41-49-55(47)56-48(58(57)66-52(62)44-34-30-26-22-18-14-10-6-2)40-38-42-50(56)60(68-54(64)46-36-32-28-24-20-16-12-8-4)59(49)67-53(63)45-35-31-27-23-19-15-11-7-3/h37-42H,5-36,43-46H2,1-4H3. The molecule has 4 aromatic rings. The molecule has 0 N–H and O–H groups in total. The number of benzene rings is 4. The first kappa shape index (κ1) is 56.4. The molecule has 68 heavy (non-hydrogen) atoms. The molecule has 0 spiro atoms. The Hall–Kier alpha value is -4.20. The molecule has 0 bridgehead atoms. The van der Waals surface area contributed by atoms with Crippen molar-refractivity contribution in [2.75, 3.05) is 0 Å². The molecule has 0 heterocycles. The van der Waals surface area contributed by atoms with Crippen molar-refractivity contribution in [2.45, 2.75) is 259 Å². The van der Waals surface area contributed by atoms with Crippen molar-refractivity contribution in [3.05, 3.63) is 36.4 Å². The molecule has 0 aromatic heterocycles. The quantitative estimate of drug-likeness (QED) is 0.0188. The van der Waals surface area contributed by atoms with Gasteiger partial charge in [0, 0.05) is 58.0 Å². The summed E-state index contributed by atoms with van der Waals surface area (Å²) in [5, 5.41) is 3.61. The second-order valence-electron chi connectivity index (χ2n) is 19.6. The van der Waals surface area contributed by atoms with Gasteiger partial charge in [0.05, 0.1) is 0 Å². The summed E-state index contributed by atoms with van der Waals surface area (Å²) in [6.07, 6.45) is 36.1. The number of unbranched alkanes of at least 4 members (excludes halogenated alkanes) is 28. The lowest BCUT2D eigenvalue weighted by atomic mass is 9.91. The maximum atomic E-state index is 13.8. The van der Waals surface area contributed by atoms with Crippen LogP contribution in [-0.4, -0.2) is 23.9 Å². The largest absolute Gasteiger partial charge is 0.422 e. The van der Waals surface area contributed by atoms with Crippen molar-refractivity contribution in [2.24, 2.45) is 0 Å². The Labute approximate surface area is 411 Å². The zero-order valence-electron chi connectivity index (χ0n) is 43.2. The van der Waals surface area contributed by atoms with E-state index in [1.54, 1.807) is 0 Å². The van der Waals surface area contributed by atoms with Crippen molar-refractivity contribution >= 4 is 56.2 Å². The Bertz CT molecular complexity index is 1770. The van der Waals surface area contributed by atoms with Crippen LogP contribution >= 0.6 is 0 Å². The van der Waals surface area contributed by atoms with Crippen LogP contribution in [0.1, 0.15) is 259 Å². The van der Waals surface area contributed by atoms with Crippen LogP contribution in [0.15, 0.2) is 36.4 Å². The van der Waals surface area contributed by atoms with Gasteiger partial charge in [-0.05, 0) is 25.7 Å². The van der Waals surface area contributed by atoms with Gasteiger partial charge in [0.1, 0.15) is 0 Å². The summed E-state index contributed by atoms with van der Waals surface area (Å²) >= 11 is 0. The summed E-state index contributed by atoms with van der Waals surface area (Å²) in [6.45, 7) is 8.88. The number of esters is 4. The van der Waals surface area contributed by atoms with Gasteiger partial charge in [0.15, 0.2) is 23.0 Å². The number of hydrogen-bond donors (Lipinski definition) is 0. The first-order valence-electron chi connectivity index (χ1n) is 27.9. The molecule has 0 fully saturated rings. The topological polar surface area (TPSA) is 105 Å². The monoisotopic (exact) mass is 939 g/mol. The van der Waals surface area contributed by atoms with Gasteiger partial charge < -0.3 is 18.9 Å². The zero-order valence-corrected chi connectivity index (χ0v) is 43.2. The normalized spacial score (nSPS) is 11.5. The van der Waals surface area contributed by atoms with Gasteiger partial charge in [-0.25, -0.2) is 0 Å². The second-order valence-corrected chi connectivity index (χ2v) is 19.6. The Balaban J connectivity index is 1.69. The molecule has 0 atom stereocenters. The average molecular weight is 939 g/mol. The molecule has 0 amide bonds. The number of carbonyl (C=O) groups is 4. The van der Waals surface area contributed by atoms with Crippen molar-refractivity contribution in [3.8, 4) is 23.0 Å². The first-order valence-corrected chi connectivity index (χ1v) is 27.9. The SMILES string of the molecule is CCCCCCCCCCC(=O)Oc1c(OC(=O)CCCCCCCCCC)c2cccc3c(OC(=O)CCCCCCCCCC)c(OC(=O)CCCCCCCCCC)c4cccc1c4c23. The van der Waals surface area contributed by atoms with Crippen molar-refractivity contribution in [1.29, 1.82) is 0 Å². The van der Waals surface area contributed by atoms with Gasteiger partial charge in [-0.15, -0.1) is 0 Å². The third kappa shape index (κ3) is 19.7. The van der Waals surface area contributed by atoms with E-state index in [2.05, 4.69) is 27.7 Å². The molecule has 0 aliphatic rings. The highest BCUT2D eigenvalue weighted by molar-refractivity contribution is 6.30. The minimum Gasteiger partial charge on any atom is -0.422 e. The Morgan fingerprint density at radius 2 is 0.456 bits per heavy atom. The Morgan fingerprint density at radius 3 is 0.647 bits per heavy atom. The third-order valence-electron chi connectivity index (χ3n) is 13.6. The minimum atomic E-state index is -0.390. The summed E-state index contributed by atoms with van der Waals surface area (Å²) < 4.78 is 25.3. The van der Waals surface area contributed by atoms with Gasteiger partial charge in [-0.2, -0.15) is 0 Å². The first-order chi connectivity index (χ1) is 33.3. The summed E-state index contributed by atoms with van der Waals surface area (Å²) in [5.41, 5.74) is 0. The molecule has 0 saturated heterocycles. The van der Waals surface area contributed by atoms with Crippen LogP contribution in [0.2, 0.25) is 0 Å². The Kier molecular flexibility index (Phi) is 28.3. The number of carbonyl (C=O) groups excluding carboxylic acids is 4. The molecule has 0 radical (unpaired) electrons. The molecular formula is C60H90O8. The van der Waals surface area contributed by atoms with Gasteiger partial charge in [-0.3, -0.25) is 19.2 Å². The number of hydrogen-bond acceptors (Lipinski definition) is 8. The predicted octanol–water partition coefficient (Wildman–Crippen LogP) is 18.3. The van der Waals surface area contributed by atoms with Crippen LogP contribution in [0, 0.1) is 0 Å². The van der Waals surface area contributed by atoms with Gasteiger partial charge in [0.25, 0.3) is 0 Å². The van der Waals surface area contributed by atoms with Crippen LogP contribution < -0.4 is 18.9 Å². The fourth-order valence-corrected chi connectivity index (χ4v) is 9.57. The van der Waals surface area contributed by atoms with E-state index in [9.17, 15) is 19.2 Å². The van der Waals surface area contributed by atoms with Crippen molar-refractivity contribution < 1.29 is 38.1 Å². The molecule has 4 rings (SSSR count). The summed E-state index contributed by atoms with van der Waals surface area (Å²) in [7, 11) is 0. The second kappa shape index (κ2) is 34.2. The maximum Gasteiger partial charge on any atom is 0.311 e. The lowest BCUT2D eigenvalue weighted by Crippen LogP contribution is -2.14. The molecule has 0 unspecified atom stereocenters. The predicted molar refractivity (Wildman–Crippen MR) is 282 cm³/mol. The van der Waals surface area contributed by atoms with E-state index < -0.39 is 23.9 Å². The molecule has 4 aromatic carbocycles. The van der Waals surface area contributed by atoms with Crippen molar-refractivity contribution in [1.82, 2.24) is 0 Å². The van der Waals surface area contributed by atoms with E-state index in [0.29, 0.717) is 58.0 Å². The van der Waals surface area contributed by atoms with Gasteiger partial charge >= 0.3 is 23.9 Å². The lowest BCUT2D eigenvalue weighted by Gasteiger charge is -2.22. The smallest absolute Gasteiger partial charge is 0.311 e. The van der Waals surface area contributed by atoms with E-state index >= 15 is 0 Å². The Morgan fingerprint density at radius 1 is 0.279 bits per heavy atom. The van der Waals surface area contributed by atoms with Crippen LogP contribution in [0.5, 0.6) is 23.0 Å². The fourth-order valence-electron chi connectivity index (χ4n) is 9.57. The summed E-state index contributed by atoms with van der Waals surface area (Å²) in [4.78, 5) is 55.2. The average Bonchev–Trinajstić information content (AvgIpc) is 3.33. The highest BCUT2D eigenvalue weighted by Crippen LogP contribution is 2.53. The van der Waals surface area contributed by atoms with Gasteiger partial charge in [0.2, 0.25) is 0 Å². The lowest BCUT2D eigenvalue weighted by molar-refractivity contribution is -0.137. The van der Waals surface area contributed by atoms with Crippen LogP contribution in [0.4, 0.5) is 0 Å². The number of ether oxygens (including phenoxy) is 4. The van der Waals surface area contributed by atoms with E-state index in [0.717, 1.165) is 77.0 Å². The van der Waals surface area contributed by atoms with E-state index in [-0.39, 0.29) is 48.7 Å². The molecule has 0 aliphatic carbocycles. The molecule has 0 saturated carbocycles. The molecule has 378 valence electrons. The van der Waals surface area contributed by atoms with Crippen LogP contribution in [0.25, 0.3) is 32.3 Å². The van der Waals surface area contributed by atoms with Crippen LogP contribution in [-0.2, 0) is 19.2 Å². The molecule has 0 aliphatic heterocycles. The summed E-state index contributed by atoms with van der Waals surface area (Å²) in [6, 6.07) is 11.1. The third-order valence-corrected chi connectivity index (χ3v) is 13.6. The van der Waals surface area contributed by atoms with Crippen molar-refractivity contribution in [3.63, 3.8) is 0 Å². The van der Waals surface area contributed by atoms with E-state index in [4.69, 9.17) is 18.9 Å². The van der Waals surface area contributed by atoms with Gasteiger partial charge in [-0.1, -0.05) is 244 Å². The zero-order chi connectivity index (χ0) is 48.6. The molecule has 8 heteroatoms. The van der Waals surface area contributed by atoms with E-state index in [1.807, 2.05) is 36.4 Å². The molecule has 8 nitrogen and oxygen atoms in total. The highest BCUT2D eigenvalue weighted by atomic mass is 16.6. The number of rotatable bonds is 40. The maximum absolute atomic E-state index is 13.8. The van der Waals surface area contributed by atoms with Crippen LogP contribution in [0.3, 0.4) is 0 Å². The van der Waals surface area contributed by atoms with E-state index in [1.165, 1.54) is 103 Å². The summed E-state index contributed by atoms with van der Waals surface area (Å²) in [5.74, 6) is -0.838. The molecular weight excluding hydrogens is 849 g/mol. The minimum absolute atomic E-state index is 0.181.